The summed E-state index contributed by atoms with van der Waals surface area (Å²) in [6.45, 7) is 1.95. The molecular formula is C8H10NO3-. The SMILES string of the molecule is CON([O-])Oc1ccc(C)cc1. The number of nitrogens with zero attached hydrogens (tertiary/aromatic N) is 1. The van der Waals surface area contributed by atoms with Crippen LogP contribution >= 0.6 is 0 Å². The molecule has 0 heterocycles. The van der Waals surface area contributed by atoms with Crippen molar-refractivity contribution in [1.82, 2.24) is 5.39 Å². The Morgan fingerprint density at radius 1 is 1.25 bits per heavy atom. The first-order valence-corrected chi connectivity index (χ1v) is 3.48. The van der Waals surface area contributed by atoms with Crippen molar-refractivity contribution in [2.45, 2.75) is 6.92 Å². The standard InChI is InChI=1S/C8H10NO3/c1-7-3-5-8(6-4-7)12-9(10)11-2/h3-6H,1-2H3/q-1. The highest BCUT2D eigenvalue weighted by Gasteiger charge is 1.93. The number of aryl methyl sites for hydroxylation is 1. The van der Waals surface area contributed by atoms with Gasteiger partial charge in [0, 0.05) is 0 Å². The van der Waals surface area contributed by atoms with Crippen LogP contribution in [-0.2, 0) is 4.84 Å². The van der Waals surface area contributed by atoms with Crippen LogP contribution in [0.4, 0.5) is 0 Å². The summed E-state index contributed by atoms with van der Waals surface area (Å²) in [6.07, 6.45) is 0. The van der Waals surface area contributed by atoms with Gasteiger partial charge >= 0.3 is 0 Å². The lowest BCUT2D eigenvalue weighted by molar-refractivity contribution is -0.265. The lowest BCUT2D eigenvalue weighted by Crippen LogP contribution is -2.18. The van der Waals surface area contributed by atoms with Gasteiger partial charge in [0.05, 0.1) is 7.11 Å². The Labute approximate surface area is 70.8 Å². The smallest absolute Gasteiger partial charge is 0.149 e. The maximum absolute atomic E-state index is 10.5. The summed E-state index contributed by atoms with van der Waals surface area (Å²) in [6, 6.07) is 7.08. The van der Waals surface area contributed by atoms with Crippen LogP contribution in [0.25, 0.3) is 0 Å². The summed E-state index contributed by atoms with van der Waals surface area (Å²) in [5.74, 6) is 0.456. The van der Waals surface area contributed by atoms with Gasteiger partial charge in [-0.1, -0.05) is 23.1 Å². The van der Waals surface area contributed by atoms with Crippen LogP contribution in [0.1, 0.15) is 5.56 Å². The lowest BCUT2D eigenvalue weighted by atomic mass is 10.2. The van der Waals surface area contributed by atoms with Crippen LogP contribution in [0.3, 0.4) is 0 Å². The quantitative estimate of drug-likeness (QED) is 0.644. The third-order valence-electron chi connectivity index (χ3n) is 1.35. The molecule has 0 saturated carbocycles. The third-order valence-corrected chi connectivity index (χ3v) is 1.35. The van der Waals surface area contributed by atoms with Gasteiger partial charge in [0.2, 0.25) is 0 Å². The van der Waals surface area contributed by atoms with E-state index >= 15 is 0 Å². The van der Waals surface area contributed by atoms with E-state index in [0.29, 0.717) is 5.75 Å². The van der Waals surface area contributed by atoms with E-state index in [4.69, 9.17) is 0 Å². The maximum atomic E-state index is 10.5. The number of benzene rings is 1. The first-order chi connectivity index (χ1) is 5.72. The van der Waals surface area contributed by atoms with Crippen LogP contribution in [0.5, 0.6) is 5.75 Å². The molecule has 4 nitrogen and oxygen atoms in total. The average Bonchev–Trinajstić information content (AvgIpc) is 2.09. The molecule has 0 aliphatic carbocycles. The maximum Gasteiger partial charge on any atom is 0.149 e. The summed E-state index contributed by atoms with van der Waals surface area (Å²) < 4.78 is 0. The third kappa shape index (κ3) is 2.50. The average molecular weight is 168 g/mol. The molecule has 0 N–H and O–H groups in total. The fourth-order valence-electron chi connectivity index (χ4n) is 0.722. The van der Waals surface area contributed by atoms with E-state index in [0.717, 1.165) is 5.56 Å². The minimum absolute atomic E-state index is 0.0463. The van der Waals surface area contributed by atoms with E-state index < -0.39 is 0 Å². The Morgan fingerprint density at radius 2 is 1.83 bits per heavy atom. The molecule has 0 fully saturated rings. The molecule has 0 spiro atoms. The van der Waals surface area contributed by atoms with Gasteiger partial charge in [-0.05, 0) is 19.1 Å². The Bertz CT molecular complexity index is 235. The van der Waals surface area contributed by atoms with E-state index in [1.54, 1.807) is 12.1 Å². The molecule has 0 aliphatic heterocycles. The van der Waals surface area contributed by atoms with Crippen molar-refractivity contribution in [1.29, 1.82) is 0 Å². The highest BCUT2D eigenvalue weighted by Crippen LogP contribution is 2.12. The molecule has 1 aromatic rings. The van der Waals surface area contributed by atoms with E-state index in [-0.39, 0.29) is 5.39 Å². The van der Waals surface area contributed by atoms with Crippen LogP contribution < -0.4 is 4.84 Å². The fraction of sp³-hybridized carbons (Fsp3) is 0.250. The second-order valence-electron chi connectivity index (χ2n) is 2.31. The molecule has 0 saturated heterocycles. The Balaban J connectivity index is 2.58. The molecule has 0 unspecified atom stereocenters. The Kier molecular flexibility index (Phi) is 3.04. The van der Waals surface area contributed by atoms with Crippen LogP contribution in [0.15, 0.2) is 24.3 Å². The molecule has 0 aliphatic rings. The zero-order valence-corrected chi connectivity index (χ0v) is 6.98. The monoisotopic (exact) mass is 168 g/mol. The predicted octanol–water partition coefficient (Wildman–Crippen LogP) is 1.65. The summed E-state index contributed by atoms with van der Waals surface area (Å²) in [5.41, 5.74) is 1.11. The number of hydrogen-bond acceptors (Lipinski definition) is 4. The molecule has 1 aromatic carbocycles. The van der Waals surface area contributed by atoms with Gasteiger partial charge in [-0.25, -0.2) is 0 Å². The van der Waals surface area contributed by atoms with E-state index in [1.807, 2.05) is 19.1 Å². The zero-order chi connectivity index (χ0) is 8.97. The molecule has 66 valence electrons. The largest absolute Gasteiger partial charge is 0.728 e. The van der Waals surface area contributed by atoms with Crippen molar-refractivity contribution in [2.24, 2.45) is 0 Å². The molecule has 0 aromatic heterocycles. The van der Waals surface area contributed by atoms with E-state index in [2.05, 4.69) is 9.68 Å². The van der Waals surface area contributed by atoms with Gasteiger partial charge in [-0.15, -0.1) is 0 Å². The summed E-state index contributed by atoms with van der Waals surface area (Å²) in [4.78, 5) is 8.91. The normalized spacial score (nSPS) is 10.3. The second kappa shape index (κ2) is 4.06. The van der Waals surface area contributed by atoms with Crippen molar-refractivity contribution in [3.05, 3.63) is 35.0 Å². The summed E-state index contributed by atoms with van der Waals surface area (Å²) >= 11 is 0. The highest BCUT2D eigenvalue weighted by atomic mass is 17.1. The topological polar surface area (TPSA) is 44.8 Å². The molecular weight excluding hydrogens is 158 g/mol. The number of hydrogen-bond donors (Lipinski definition) is 0. The molecule has 0 amide bonds. The molecule has 12 heavy (non-hydrogen) atoms. The van der Waals surface area contributed by atoms with Gasteiger partial charge in [-0.2, -0.15) is 0 Å². The molecule has 1 rings (SSSR count). The van der Waals surface area contributed by atoms with Crippen molar-refractivity contribution < 1.29 is 9.68 Å². The van der Waals surface area contributed by atoms with Crippen LogP contribution in [0, 0.1) is 12.1 Å². The van der Waals surface area contributed by atoms with E-state index in [9.17, 15) is 5.21 Å². The van der Waals surface area contributed by atoms with Crippen molar-refractivity contribution in [3.8, 4) is 5.75 Å². The van der Waals surface area contributed by atoms with Gasteiger partial charge < -0.3 is 10.0 Å². The van der Waals surface area contributed by atoms with Crippen molar-refractivity contribution in [2.75, 3.05) is 7.11 Å². The first kappa shape index (κ1) is 8.99. The Hall–Kier alpha value is -1.10. The van der Waals surface area contributed by atoms with Gasteiger partial charge in [-0.3, -0.25) is 4.84 Å². The fourth-order valence-corrected chi connectivity index (χ4v) is 0.722. The van der Waals surface area contributed by atoms with Crippen molar-refractivity contribution >= 4 is 0 Å². The first-order valence-electron chi connectivity index (χ1n) is 3.48. The van der Waals surface area contributed by atoms with Gasteiger partial charge in [0.15, 0.2) is 0 Å². The second-order valence-corrected chi connectivity index (χ2v) is 2.31. The summed E-state index contributed by atoms with van der Waals surface area (Å²) in [7, 11) is 1.24. The lowest BCUT2D eigenvalue weighted by Gasteiger charge is -2.23. The van der Waals surface area contributed by atoms with Crippen molar-refractivity contribution in [3.63, 3.8) is 0 Å². The predicted molar refractivity (Wildman–Crippen MR) is 44.0 cm³/mol. The Morgan fingerprint density at radius 3 is 2.33 bits per heavy atom. The molecule has 0 bridgehead atoms. The molecule has 4 heteroatoms. The number of rotatable bonds is 3. The summed E-state index contributed by atoms with van der Waals surface area (Å²) in [5, 5.41) is 10.6. The highest BCUT2D eigenvalue weighted by molar-refractivity contribution is 5.25. The van der Waals surface area contributed by atoms with Crippen LogP contribution in [0.2, 0.25) is 0 Å². The van der Waals surface area contributed by atoms with E-state index in [1.165, 1.54) is 7.11 Å². The van der Waals surface area contributed by atoms with Gasteiger partial charge in [0.1, 0.15) is 5.75 Å². The van der Waals surface area contributed by atoms with Gasteiger partial charge in [0.25, 0.3) is 0 Å². The molecule has 0 atom stereocenters. The molecule has 0 radical (unpaired) electrons. The minimum Gasteiger partial charge on any atom is -0.728 e. The van der Waals surface area contributed by atoms with Crippen LogP contribution in [-0.4, -0.2) is 12.5 Å². The minimum atomic E-state index is 0.0463. The zero-order valence-electron chi connectivity index (χ0n) is 6.98.